The summed E-state index contributed by atoms with van der Waals surface area (Å²) in [6.07, 6.45) is 5.16. The molecule has 1 aliphatic rings. The van der Waals surface area contributed by atoms with Crippen molar-refractivity contribution in [3.05, 3.63) is 48.2 Å². The Kier molecular flexibility index (Phi) is 25.0. The Morgan fingerprint density at radius 3 is 2.10 bits per heavy atom. The number of anilines is 2. The topological polar surface area (TPSA) is 72.4 Å². The minimum Gasteiger partial charge on any atom is -0.495 e. The third-order valence-electron chi connectivity index (χ3n) is 7.02. The number of halogens is 3. The van der Waals surface area contributed by atoms with E-state index in [1.807, 2.05) is 44.4 Å². The number of hydrogen-bond acceptors (Lipinski definition) is 6. The highest BCUT2D eigenvalue weighted by molar-refractivity contribution is 7.98. The Bertz CT molecular complexity index is 1410. The van der Waals surface area contributed by atoms with E-state index in [0.29, 0.717) is 33.9 Å². The van der Waals surface area contributed by atoms with E-state index in [4.69, 9.17) is 9.53 Å². The highest BCUT2D eigenvalue weighted by atomic mass is 32.2. The number of aldehydes is 1. The number of thioether (sulfide) groups is 1. The lowest BCUT2D eigenvalue weighted by atomic mass is 10.1. The Morgan fingerprint density at radius 1 is 1.00 bits per heavy atom. The average molecular weight is 726 g/mol. The number of alkyl halides is 3. The van der Waals surface area contributed by atoms with Crippen LogP contribution in [0, 0.1) is 11.8 Å². The fourth-order valence-corrected chi connectivity index (χ4v) is 5.97. The molecule has 0 saturated carbocycles. The van der Waals surface area contributed by atoms with Gasteiger partial charge in [-0.05, 0) is 68.3 Å². The molecule has 1 saturated heterocycles. The zero-order valence-electron chi connectivity index (χ0n) is 30.9. The molecule has 3 aromatic rings. The predicted molar refractivity (Wildman–Crippen MR) is 207 cm³/mol. The van der Waals surface area contributed by atoms with Crippen LogP contribution in [-0.4, -0.2) is 58.7 Å². The number of ether oxygens (including phenoxy) is 1. The van der Waals surface area contributed by atoms with Crippen molar-refractivity contribution >= 4 is 51.1 Å². The first-order chi connectivity index (χ1) is 23.5. The zero-order valence-corrected chi connectivity index (χ0v) is 32.5. The summed E-state index contributed by atoms with van der Waals surface area (Å²) in [5.41, 5.74) is 2.31. The molecule has 276 valence electrons. The number of nitrogens with zero attached hydrogens (tertiary/aromatic N) is 1. The number of benzene rings is 2. The largest absolute Gasteiger partial charge is 0.495 e. The lowest BCUT2D eigenvalue weighted by Crippen LogP contribution is -2.29. The third-order valence-corrected chi connectivity index (χ3v) is 9.13. The number of aromatic nitrogens is 1. The van der Waals surface area contributed by atoms with Crippen molar-refractivity contribution in [2.45, 2.75) is 111 Å². The SMILES string of the molecule is CC.CC=O.CCCC.CCCC.COc1cc(SC)ccc1NCC#Cc1cc2c(NC3CCS(=O)CC3)cccc2n1CC(F)(F)F. The van der Waals surface area contributed by atoms with Crippen LogP contribution in [0.4, 0.5) is 24.5 Å². The van der Waals surface area contributed by atoms with Crippen molar-refractivity contribution in [2.24, 2.45) is 0 Å². The number of hydrogen-bond donors (Lipinski definition) is 2. The molecular formula is C38H58F3N3O3S2. The summed E-state index contributed by atoms with van der Waals surface area (Å²) in [5.74, 6) is 7.84. The van der Waals surface area contributed by atoms with Gasteiger partial charge in [-0.1, -0.05) is 79.2 Å². The number of fused-ring (bicyclic) bond motifs is 1. The Morgan fingerprint density at radius 2 is 1.59 bits per heavy atom. The van der Waals surface area contributed by atoms with Gasteiger partial charge in [0.15, 0.2) is 0 Å². The summed E-state index contributed by atoms with van der Waals surface area (Å²) in [5, 5.41) is 7.33. The molecule has 2 aromatic carbocycles. The number of methoxy groups -OCH3 is 1. The average Bonchev–Trinajstić information content (AvgIpc) is 3.45. The molecule has 0 unspecified atom stereocenters. The standard InChI is InChI=1S/C26H28F3N3O2S2.2C4H10.C2H4O.C2H6/c1-34-25-16-20(35-2)8-9-23(25)30-12-4-5-19-15-21-22(31-18-10-13-36(33)14-11-18)6-3-7-24(21)32(19)17-26(27,28)29;2*1-3-4-2;1-2-3;1-2/h3,6-9,15-16,18,30-31H,10-14,17H2,1-2H3;2*3-4H2,1-2H3;2H,1H3;1-2H3. The summed E-state index contributed by atoms with van der Waals surface area (Å²) in [7, 11) is 0.805. The van der Waals surface area contributed by atoms with Crippen LogP contribution in [0.15, 0.2) is 47.4 Å². The van der Waals surface area contributed by atoms with Gasteiger partial charge in [-0.3, -0.25) is 4.21 Å². The molecule has 11 heteroatoms. The van der Waals surface area contributed by atoms with Crippen LogP contribution in [0.5, 0.6) is 5.75 Å². The quantitative estimate of drug-likeness (QED) is 0.130. The van der Waals surface area contributed by atoms with E-state index in [2.05, 4.69) is 50.2 Å². The van der Waals surface area contributed by atoms with E-state index in [1.165, 1.54) is 37.2 Å². The normalized spacial score (nSPS) is 14.8. The number of unbranched alkanes of at least 4 members (excludes halogenated alkanes) is 2. The van der Waals surface area contributed by atoms with Crippen LogP contribution in [-0.2, 0) is 22.1 Å². The molecule has 0 radical (unpaired) electrons. The molecule has 49 heavy (non-hydrogen) atoms. The van der Waals surface area contributed by atoms with Crippen molar-refractivity contribution in [2.75, 3.05) is 42.0 Å². The van der Waals surface area contributed by atoms with E-state index in [-0.39, 0.29) is 12.6 Å². The molecule has 0 aliphatic carbocycles. The van der Waals surface area contributed by atoms with Gasteiger partial charge in [-0.25, -0.2) is 0 Å². The summed E-state index contributed by atoms with van der Waals surface area (Å²) < 4.78 is 58.7. The molecular weight excluding hydrogens is 668 g/mol. The summed E-state index contributed by atoms with van der Waals surface area (Å²) in [6.45, 7) is 13.3. The molecule has 4 rings (SSSR count). The lowest BCUT2D eigenvalue weighted by Gasteiger charge is -2.24. The van der Waals surface area contributed by atoms with Crippen molar-refractivity contribution < 1.29 is 26.9 Å². The van der Waals surface area contributed by atoms with Crippen LogP contribution < -0.4 is 15.4 Å². The van der Waals surface area contributed by atoms with Gasteiger partial charge in [0.25, 0.3) is 0 Å². The minimum absolute atomic E-state index is 0.144. The van der Waals surface area contributed by atoms with Gasteiger partial charge in [0, 0.05) is 44.3 Å². The van der Waals surface area contributed by atoms with E-state index >= 15 is 0 Å². The fourth-order valence-electron chi connectivity index (χ4n) is 4.24. The maximum absolute atomic E-state index is 13.5. The first kappa shape index (κ1) is 45.9. The van der Waals surface area contributed by atoms with Crippen LogP contribution in [0.1, 0.15) is 92.7 Å². The smallest absolute Gasteiger partial charge is 0.406 e. The molecule has 6 nitrogen and oxygen atoms in total. The van der Waals surface area contributed by atoms with Crippen molar-refractivity contribution in [1.29, 1.82) is 0 Å². The predicted octanol–water partition coefficient (Wildman–Crippen LogP) is 10.6. The highest BCUT2D eigenvalue weighted by Gasteiger charge is 2.30. The summed E-state index contributed by atoms with van der Waals surface area (Å²) in [4.78, 5) is 9.87. The van der Waals surface area contributed by atoms with Gasteiger partial charge < -0.3 is 24.7 Å². The molecule has 0 spiro atoms. The van der Waals surface area contributed by atoms with Crippen molar-refractivity contribution in [3.63, 3.8) is 0 Å². The van der Waals surface area contributed by atoms with Crippen LogP contribution in [0.3, 0.4) is 0 Å². The van der Waals surface area contributed by atoms with Crippen molar-refractivity contribution in [3.8, 4) is 17.6 Å². The summed E-state index contributed by atoms with van der Waals surface area (Å²) >= 11 is 1.60. The third kappa shape index (κ3) is 17.9. The first-order valence-corrected chi connectivity index (χ1v) is 19.9. The Balaban J connectivity index is 0.00000154. The molecule has 1 aliphatic heterocycles. The van der Waals surface area contributed by atoms with Gasteiger partial charge >= 0.3 is 6.18 Å². The monoisotopic (exact) mass is 725 g/mol. The number of carbonyl (C=O) groups excluding carboxylic acids is 1. The van der Waals surface area contributed by atoms with E-state index in [9.17, 15) is 17.4 Å². The first-order valence-electron chi connectivity index (χ1n) is 17.2. The van der Waals surface area contributed by atoms with Gasteiger partial charge in [-0.15, -0.1) is 11.8 Å². The van der Waals surface area contributed by atoms with E-state index in [0.717, 1.165) is 35.4 Å². The molecule has 0 atom stereocenters. The van der Waals surface area contributed by atoms with Gasteiger partial charge in [0.05, 0.1) is 30.6 Å². The van der Waals surface area contributed by atoms with Gasteiger partial charge in [0.2, 0.25) is 0 Å². The van der Waals surface area contributed by atoms with Crippen molar-refractivity contribution in [1.82, 2.24) is 4.57 Å². The van der Waals surface area contributed by atoms with E-state index in [1.54, 1.807) is 37.1 Å². The van der Waals surface area contributed by atoms with Crippen LogP contribution in [0.25, 0.3) is 10.9 Å². The molecule has 2 heterocycles. The second-order valence-corrected chi connectivity index (χ2v) is 13.3. The minimum atomic E-state index is -4.39. The number of rotatable bonds is 9. The summed E-state index contributed by atoms with van der Waals surface area (Å²) in [6, 6.07) is 12.9. The van der Waals surface area contributed by atoms with Crippen LogP contribution >= 0.6 is 11.8 Å². The second-order valence-electron chi connectivity index (χ2n) is 10.7. The zero-order chi connectivity index (χ0) is 37.2. The Hall–Kier alpha value is -3.10. The number of nitrogens with one attached hydrogen (secondary N) is 2. The molecule has 1 fully saturated rings. The molecule has 1 aromatic heterocycles. The maximum atomic E-state index is 13.5. The molecule has 0 bridgehead atoms. The number of carbonyl (C=O) groups is 1. The molecule has 2 N–H and O–H groups in total. The second kappa shape index (κ2) is 26.7. The molecule has 0 amide bonds. The van der Waals surface area contributed by atoms with Gasteiger partial charge in [-0.2, -0.15) is 13.2 Å². The van der Waals surface area contributed by atoms with Gasteiger partial charge in [0.1, 0.15) is 18.6 Å². The lowest BCUT2D eigenvalue weighted by molar-refractivity contribution is -0.140. The van der Waals surface area contributed by atoms with Crippen LogP contribution in [0.2, 0.25) is 0 Å². The highest BCUT2D eigenvalue weighted by Crippen LogP contribution is 2.32. The Labute approximate surface area is 300 Å². The maximum Gasteiger partial charge on any atom is 0.406 e. The van der Waals surface area contributed by atoms with E-state index < -0.39 is 23.5 Å². The fraction of sp³-hybridized carbons (Fsp3) is 0.553.